The molecule has 0 radical (unpaired) electrons. The standard InChI is InChI=1S/C12H15NO4/c1-7-5-9(11(13)14)3-4-10(7)6-17-8(2)12(15)16/h3-5,8H,6H2,1-2H3,(H2,13,14)(H,15,16)/t8-/m0/s1. The second-order valence-corrected chi connectivity index (χ2v) is 3.80. The van der Waals surface area contributed by atoms with Crippen molar-refractivity contribution in [1.29, 1.82) is 0 Å². The van der Waals surface area contributed by atoms with E-state index in [2.05, 4.69) is 0 Å². The summed E-state index contributed by atoms with van der Waals surface area (Å²) in [6.07, 6.45) is -0.856. The van der Waals surface area contributed by atoms with Crippen LogP contribution in [0.5, 0.6) is 0 Å². The van der Waals surface area contributed by atoms with E-state index in [0.29, 0.717) is 5.56 Å². The number of ether oxygens (including phenoxy) is 1. The van der Waals surface area contributed by atoms with Crippen LogP contribution in [0.15, 0.2) is 18.2 Å². The molecule has 5 heteroatoms. The van der Waals surface area contributed by atoms with Crippen LogP contribution < -0.4 is 5.73 Å². The molecule has 0 bridgehead atoms. The third kappa shape index (κ3) is 3.57. The van der Waals surface area contributed by atoms with Crippen molar-refractivity contribution in [1.82, 2.24) is 0 Å². The highest BCUT2D eigenvalue weighted by Gasteiger charge is 2.12. The first-order chi connectivity index (χ1) is 7.91. The van der Waals surface area contributed by atoms with E-state index in [4.69, 9.17) is 15.6 Å². The van der Waals surface area contributed by atoms with Crippen LogP contribution in [0.2, 0.25) is 0 Å². The first-order valence-corrected chi connectivity index (χ1v) is 5.15. The van der Waals surface area contributed by atoms with Gasteiger partial charge in [-0.3, -0.25) is 4.79 Å². The summed E-state index contributed by atoms with van der Waals surface area (Å²) in [5.74, 6) is -1.49. The first kappa shape index (κ1) is 13.2. The Hall–Kier alpha value is -1.88. The molecular formula is C12H15NO4. The Labute approximate surface area is 99.2 Å². The Balaban J connectivity index is 2.73. The monoisotopic (exact) mass is 237 g/mol. The molecular weight excluding hydrogens is 222 g/mol. The molecule has 0 heterocycles. The van der Waals surface area contributed by atoms with Crippen molar-refractivity contribution in [3.63, 3.8) is 0 Å². The van der Waals surface area contributed by atoms with Gasteiger partial charge < -0.3 is 15.6 Å². The topological polar surface area (TPSA) is 89.6 Å². The maximum Gasteiger partial charge on any atom is 0.332 e. The summed E-state index contributed by atoms with van der Waals surface area (Å²) < 4.78 is 5.15. The zero-order valence-electron chi connectivity index (χ0n) is 9.77. The van der Waals surface area contributed by atoms with Gasteiger partial charge in [0, 0.05) is 5.56 Å². The van der Waals surface area contributed by atoms with Gasteiger partial charge in [-0.05, 0) is 37.1 Å². The van der Waals surface area contributed by atoms with E-state index in [-0.39, 0.29) is 6.61 Å². The normalized spacial score (nSPS) is 12.1. The molecule has 1 rings (SSSR count). The van der Waals surface area contributed by atoms with Gasteiger partial charge in [-0.15, -0.1) is 0 Å². The molecule has 0 aliphatic heterocycles. The third-order valence-electron chi connectivity index (χ3n) is 2.46. The van der Waals surface area contributed by atoms with Gasteiger partial charge in [0.15, 0.2) is 6.10 Å². The van der Waals surface area contributed by atoms with E-state index in [1.807, 2.05) is 6.92 Å². The molecule has 0 saturated carbocycles. The molecule has 0 aliphatic rings. The predicted octanol–water partition coefficient (Wildman–Crippen LogP) is 1.08. The lowest BCUT2D eigenvalue weighted by atomic mass is 10.1. The number of benzene rings is 1. The van der Waals surface area contributed by atoms with Crippen molar-refractivity contribution < 1.29 is 19.4 Å². The van der Waals surface area contributed by atoms with Gasteiger partial charge in [-0.1, -0.05) is 6.07 Å². The average molecular weight is 237 g/mol. The number of carbonyl (C=O) groups excluding carboxylic acids is 1. The fraction of sp³-hybridized carbons (Fsp3) is 0.333. The fourth-order valence-corrected chi connectivity index (χ4v) is 1.30. The van der Waals surface area contributed by atoms with Crippen molar-refractivity contribution in [2.24, 2.45) is 5.73 Å². The summed E-state index contributed by atoms with van der Waals surface area (Å²) in [7, 11) is 0. The molecule has 0 spiro atoms. The minimum Gasteiger partial charge on any atom is -0.479 e. The van der Waals surface area contributed by atoms with E-state index in [9.17, 15) is 9.59 Å². The van der Waals surface area contributed by atoms with Crippen LogP contribution in [-0.2, 0) is 16.1 Å². The lowest BCUT2D eigenvalue weighted by Gasteiger charge is -2.11. The highest BCUT2D eigenvalue weighted by Crippen LogP contribution is 2.13. The number of hydrogen-bond acceptors (Lipinski definition) is 3. The number of nitrogens with two attached hydrogens (primary N) is 1. The van der Waals surface area contributed by atoms with Gasteiger partial charge in [0.05, 0.1) is 6.61 Å². The lowest BCUT2D eigenvalue weighted by Crippen LogP contribution is -2.19. The quantitative estimate of drug-likeness (QED) is 0.801. The Morgan fingerprint density at radius 3 is 2.59 bits per heavy atom. The number of carboxylic acid groups (broad SMARTS) is 1. The predicted molar refractivity (Wildman–Crippen MR) is 61.6 cm³/mol. The lowest BCUT2D eigenvalue weighted by molar-refractivity contribution is -0.149. The highest BCUT2D eigenvalue weighted by molar-refractivity contribution is 5.93. The number of amides is 1. The molecule has 0 unspecified atom stereocenters. The van der Waals surface area contributed by atoms with E-state index in [1.165, 1.54) is 6.92 Å². The summed E-state index contributed by atoms with van der Waals surface area (Å²) in [5, 5.41) is 8.66. The van der Waals surface area contributed by atoms with Crippen LogP contribution in [0.4, 0.5) is 0 Å². The summed E-state index contributed by atoms with van der Waals surface area (Å²) >= 11 is 0. The number of hydrogen-bond donors (Lipinski definition) is 2. The maximum atomic E-state index is 10.9. The van der Waals surface area contributed by atoms with E-state index in [0.717, 1.165) is 11.1 Å². The van der Waals surface area contributed by atoms with Crippen LogP contribution in [0.3, 0.4) is 0 Å². The van der Waals surface area contributed by atoms with Gasteiger partial charge in [-0.25, -0.2) is 4.79 Å². The Morgan fingerprint density at radius 2 is 2.12 bits per heavy atom. The molecule has 1 aromatic rings. The van der Waals surface area contributed by atoms with Crippen LogP contribution in [0, 0.1) is 6.92 Å². The molecule has 92 valence electrons. The number of primary amides is 1. The summed E-state index contributed by atoms with van der Waals surface area (Å²) in [6, 6.07) is 4.97. The molecule has 0 fully saturated rings. The molecule has 0 saturated heterocycles. The Kier molecular flexibility index (Phi) is 4.23. The zero-order chi connectivity index (χ0) is 13.0. The van der Waals surface area contributed by atoms with Crippen molar-refractivity contribution in [2.45, 2.75) is 26.6 Å². The van der Waals surface area contributed by atoms with E-state index >= 15 is 0 Å². The van der Waals surface area contributed by atoms with E-state index in [1.54, 1.807) is 18.2 Å². The molecule has 0 aliphatic carbocycles. The van der Waals surface area contributed by atoms with Crippen LogP contribution in [0.25, 0.3) is 0 Å². The maximum absolute atomic E-state index is 10.9. The van der Waals surface area contributed by atoms with Gasteiger partial charge in [0.1, 0.15) is 0 Å². The molecule has 1 aromatic carbocycles. The van der Waals surface area contributed by atoms with Gasteiger partial charge in [-0.2, -0.15) is 0 Å². The SMILES string of the molecule is Cc1cc(C(N)=O)ccc1CO[C@@H](C)C(=O)O. The summed E-state index contributed by atoms with van der Waals surface area (Å²) in [4.78, 5) is 21.5. The largest absolute Gasteiger partial charge is 0.479 e. The smallest absolute Gasteiger partial charge is 0.332 e. The number of aliphatic carboxylic acids is 1. The van der Waals surface area contributed by atoms with Crippen molar-refractivity contribution in [3.8, 4) is 0 Å². The zero-order valence-corrected chi connectivity index (χ0v) is 9.77. The van der Waals surface area contributed by atoms with Gasteiger partial charge in [0.2, 0.25) is 5.91 Å². The van der Waals surface area contributed by atoms with Crippen molar-refractivity contribution in [2.75, 3.05) is 0 Å². The number of carboxylic acids is 1. The number of carbonyl (C=O) groups is 2. The first-order valence-electron chi connectivity index (χ1n) is 5.15. The molecule has 17 heavy (non-hydrogen) atoms. The van der Waals surface area contributed by atoms with Crippen LogP contribution in [-0.4, -0.2) is 23.1 Å². The second kappa shape index (κ2) is 5.45. The molecule has 0 aromatic heterocycles. The second-order valence-electron chi connectivity index (χ2n) is 3.80. The summed E-state index contributed by atoms with van der Waals surface area (Å²) in [5.41, 5.74) is 7.26. The molecule has 1 atom stereocenters. The highest BCUT2D eigenvalue weighted by atomic mass is 16.5. The average Bonchev–Trinajstić information content (AvgIpc) is 2.26. The molecule has 3 N–H and O–H groups in total. The summed E-state index contributed by atoms with van der Waals surface area (Å²) in [6.45, 7) is 3.48. The van der Waals surface area contributed by atoms with Gasteiger partial charge in [0.25, 0.3) is 0 Å². The van der Waals surface area contributed by atoms with E-state index < -0.39 is 18.0 Å². The Bertz CT molecular complexity index is 442. The number of rotatable bonds is 5. The van der Waals surface area contributed by atoms with Crippen molar-refractivity contribution in [3.05, 3.63) is 34.9 Å². The minimum atomic E-state index is -1.00. The van der Waals surface area contributed by atoms with Crippen LogP contribution in [0.1, 0.15) is 28.4 Å². The molecule has 1 amide bonds. The van der Waals surface area contributed by atoms with Crippen molar-refractivity contribution >= 4 is 11.9 Å². The Morgan fingerprint density at radius 1 is 1.47 bits per heavy atom. The fourth-order valence-electron chi connectivity index (χ4n) is 1.30. The number of aryl methyl sites for hydroxylation is 1. The van der Waals surface area contributed by atoms with Gasteiger partial charge >= 0.3 is 5.97 Å². The third-order valence-corrected chi connectivity index (χ3v) is 2.46. The minimum absolute atomic E-state index is 0.193. The molecule has 5 nitrogen and oxygen atoms in total. The van der Waals surface area contributed by atoms with Crippen LogP contribution >= 0.6 is 0 Å².